The highest BCUT2D eigenvalue weighted by molar-refractivity contribution is 5.78. The van der Waals surface area contributed by atoms with E-state index in [2.05, 4.69) is 13.8 Å². The van der Waals surface area contributed by atoms with Crippen molar-refractivity contribution in [3.05, 3.63) is 71.8 Å². The molecule has 27 heavy (non-hydrogen) atoms. The van der Waals surface area contributed by atoms with E-state index in [-0.39, 0.29) is 36.4 Å². The van der Waals surface area contributed by atoms with Gasteiger partial charge in [0.1, 0.15) is 18.1 Å². The predicted octanol–water partition coefficient (Wildman–Crippen LogP) is 4.73. The Kier molecular flexibility index (Phi) is 5.66. The van der Waals surface area contributed by atoms with Crippen LogP contribution >= 0.6 is 0 Å². The fourth-order valence-electron chi connectivity index (χ4n) is 3.37. The maximum absolute atomic E-state index is 12.5. The Labute approximate surface area is 160 Å². The van der Waals surface area contributed by atoms with Crippen LogP contribution in [-0.2, 0) is 16.1 Å². The minimum atomic E-state index is -0.193. The molecule has 4 heteroatoms. The van der Waals surface area contributed by atoms with Gasteiger partial charge < -0.3 is 14.6 Å². The number of aliphatic hydroxyl groups excluding tert-OH is 1. The lowest BCUT2D eigenvalue weighted by atomic mass is 10.1. The maximum atomic E-state index is 12.5. The fourth-order valence-corrected chi connectivity index (χ4v) is 3.37. The molecule has 0 aromatic heterocycles. The summed E-state index contributed by atoms with van der Waals surface area (Å²) in [5.74, 6) is 1.23. The van der Waals surface area contributed by atoms with E-state index in [0.29, 0.717) is 5.75 Å². The zero-order valence-electron chi connectivity index (χ0n) is 16.0. The predicted molar refractivity (Wildman–Crippen MR) is 104 cm³/mol. The monoisotopic (exact) mass is 366 g/mol. The van der Waals surface area contributed by atoms with E-state index < -0.39 is 0 Å². The number of para-hydroxylation sites is 1. The van der Waals surface area contributed by atoms with E-state index in [1.807, 2.05) is 67.6 Å². The minimum Gasteiger partial charge on any atom is -0.461 e. The second-order valence-electron chi connectivity index (χ2n) is 7.67. The van der Waals surface area contributed by atoms with Crippen LogP contribution in [-0.4, -0.2) is 17.7 Å². The van der Waals surface area contributed by atoms with Crippen molar-refractivity contribution in [2.45, 2.75) is 27.4 Å². The lowest BCUT2D eigenvalue weighted by molar-refractivity contribution is -0.147. The lowest BCUT2D eigenvalue weighted by Gasteiger charge is -2.09. The highest BCUT2D eigenvalue weighted by Crippen LogP contribution is 2.59. The molecule has 1 N–H and O–H groups in total. The summed E-state index contributed by atoms with van der Waals surface area (Å²) in [5.41, 5.74) is 1.63. The molecule has 1 saturated carbocycles. The van der Waals surface area contributed by atoms with E-state index in [1.54, 1.807) is 0 Å². The molecule has 4 nitrogen and oxygen atoms in total. The van der Waals surface area contributed by atoms with Crippen LogP contribution in [0.2, 0.25) is 0 Å². The standard InChI is InChI=1S/C23H26O4/c1-16(14-24)12-20-21(23(20,2)3)22(25)26-15-17-8-7-11-19(13-17)27-18-9-5-4-6-10-18/h4-13,20-21,24H,14-15H2,1-3H3. The molecular formula is C23H26O4. The van der Waals surface area contributed by atoms with Gasteiger partial charge in [0, 0.05) is 0 Å². The molecule has 1 aliphatic rings. The quantitative estimate of drug-likeness (QED) is 0.568. The van der Waals surface area contributed by atoms with Crippen LogP contribution in [0, 0.1) is 17.3 Å². The van der Waals surface area contributed by atoms with Gasteiger partial charge in [0.15, 0.2) is 0 Å². The smallest absolute Gasteiger partial charge is 0.310 e. The summed E-state index contributed by atoms with van der Waals surface area (Å²) < 4.78 is 11.4. The van der Waals surface area contributed by atoms with Crippen LogP contribution in [0.3, 0.4) is 0 Å². The van der Waals surface area contributed by atoms with Crippen LogP contribution in [0.1, 0.15) is 26.3 Å². The molecule has 1 aliphatic carbocycles. The molecule has 0 amide bonds. The molecule has 0 radical (unpaired) electrons. The number of allylic oxidation sites excluding steroid dienone is 1. The number of benzene rings is 2. The van der Waals surface area contributed by atoms with Crippen LogP contribution in [0.15, 0.2) is 66.2 Å². The van der Waals surface area contributed by atoms with Crippen molar-refractivity contribution >= 4 is 5.97 Å². The van der Waals surface area contributed by atoms with Gasteiger partial charge in [0.25, 0.3) is 0 Å². The Morgan fingerprint density at radius 1 is 1.11 bits per heavy atom. The van der Waals surface area contributed by atoms with E-state index in [1.165, 1.54) is 0 Å². The third-order valence-electron chi connectivity index (χ3n) is 5.14. The van der Waals surface area contributed by atoms with Crippen molar-refractivity contribution in [3.63, 3.8) is 0 Å². The van der Waals surface area contributed by atoms with Gasteiger partial charge in [-0.3, -0.25) is 4.79 Å². The zero-order valence-corrected chi connectivity index (χ0v) is 16.0. The van der Waals surface area contributed by atoms with Gasteiger partial charge in [0.2, 0.25) is 0 Å². The summed E-state index contributed by atoms with van der Waals surface area (Å²) in [6.45, 7) is 6.21. The van der Waals surface area contributed by atoms with Crippen LogP contribution < -0.4 is 4.74 Å². The Balaban J connectivity index is 1.59. The largest absolute Gasteiger partial charge is 0.461 e. The normalized spacial score (nSPS) is 20.8. The number of rotatable bonds is 7. The molecule has 3 rings (SSSR count). The SMILES string of the molecule is CC(=CC1C(C(=O)OCc2cccc(Oc3ccccc3)c2)C1(C)C)CO. The van der Waals surface area contributed by atoms with Gasteiger partial charge >= 0.3 is 5.97 Å². The second kappa shape index (κ2) is 7.97. The van der Waals surface area contributed by atoms with Crippen molar-refractivity contribution in [2.75, 3.05) is 6.61 Å². The molecule has 2 unspecified atom stereocenters. The third-order valence-corrected chi connectivity index (χ3v) is 5.14. The Hall–Kier alpha value is -2.59. The van der Waals surface area contributed by atoms with E-state index in [9.17, 15) is 9.90 Å². The fraction of sp³-hybridized carbons (Fsp3) is 0.348. The number of ether oxygens (including phenoxy) is 2. The van der Waals surface area contributed by atoms with E-state index in [0.717, 1.165) is 16.9 Å². The van der Waals surface area contributed by atoms with E-state index in [4.69, 9.17) is 9.47 Å². The molecule has 2 atom stereocenters. The first-order valence-electron chi connectivity index (χ1n) is 9.18. The lowest BCUT2D eigenvalue weighted by Crippen LogP contribution is -2.10. The van der Waals surface area contributed by atoms with Crippen molar-refractivity contribution in [1.82, 2.24) is 0 Å². The summed E-state index contributed by atoms with van der Waals surface area (Å²) in [5, 5.41) is 9.19. The number of hydrogen-bond donors (Lipinski definition) is 1. The summed E-state index contributed by atoms with van der Waals surface area (Å²) >= 11 is 0. The maximum Gasteiger partial charge on any atom is 0.310 e. The van der Waals surface area contributed by atoms with Crippen LogP contribution in [0.5, 0.6) is 11.5 Å². The van der Waals surface area contributed by atoms with Crippen LogP contribution in [0.4, 0.5) is 0 Å². The molecule has 0 spiro atoms. The average Bonchev–Trinajstić information content (AvgIpc) is 3.20. The third kappa shape index (κ3) is 4.58. The summed E-state index contributed by atoms with van der Waals surface area (Å²) in [7, 11) is 0. The van der Waals surface area contributed by atoms with Gasteiger partial charge in [-0.2, -0.15) is 0 Å². The highest BCUT2D eigenvalue weighted by Gasteiger charge is 2.61. The van der Waals surface area contributed by atoms with Crippen molar-refractivity contribution in [2.24, 2.45) is 17.3 Å². The first-order chi connectivity index (χ1) is 12.9. The van der Waals surface area contributed by atoms with Gasteiger partial charge in [-0.1, -0.05) is 55.8 Å². The first kappa shape index (κ1) is 19.2. The van der Waals surface area contributed by atoms with Gasteiger partial charge in [-0.25, -0.2) is 0 Å². The van der Waals surface area contributed by atoms with Crippen molar-refractivity contribution in [1.29, 1.82) is 0 Å². The van der Waals surface area contributed by atoms with Crippen molar-refractivity contribution in [3.8, 4) is 11.5 Å². The molecule has 0 saturated heterocycles. The molecule has 142 valence electrons. The Morgan fingerprint density at radius 3 is 2.52 bits per heavy atom. The number of esters is 1. The summed E-state index contributed by atoms with van der Waals surface area (Å²) in [6, 6.07) is 17.1. The van der Waals surface area contributed by atoms with E-state index >= 15 is 0 Å². The van der Waals surface area contributed by atoms with Crippen LogP contribution in [0.25, 0.3) is 0 Å². The first-order valence-corrected chi connectivity index (χ1v) is 9.18. The van der Waals surface area contributed by atoms with Crippen molar-refractivity contribution < 1.29 is 19.4 Å². The topological polar surface area (TPSA) is 55.8 Å². The number of hydrogen-bond acceptors (Lipinski definition) is 4. The molecule has 2 aromatic carbocycles. The Bertz CT molecular complexity index is 823. The number of carbonyl (C=O) groups is 1. The second-order valence-corrected chi connectivity index (χ2v) is 7.67. The van der Waals surface area contributed by atoms with Gasteiger partial charge in [-0.05, 0) is 48.1 Å². The minimum absolute atomic E-state index is 0.0164. The number of carbonyl (C=O) groups excluding carboxylic acids is 1. The number of aliphatic hydroxyl groups is 1. The highest BCUT2D eigenvalue weighted by atomic mass is 16.5. The molecular weight excluding hydrogens is 340 g/mol. The molecule has 0 heterocycles. The summed E-state index contributed by atoms with van der Waals surface area (Å²) in [6.07, 6.45) is 1.99. The van der Waals surface area contributed by atoms with Gasteiger partial charge in [-0.15, -0.1) is 0 Å². The Morgan fingerprint density at radius 2 is 1.81 bits per heavy atom. The molecule has 0 bridgehead atoms. The summed E-state index contributed by atoms with van der Waals surface area (Å²) in [4.78, 5) is 12.5. The average molecular weight is 366 g/mol. The molecule has 2 aromatic rings. The van der Waals surface area contributed by atoms with Gasteiger partial charge in [0.05, 0.1) is 12.5 Å². The zero-order chi connectivity index (χ0) is 19.4. The molecule has 1 fully saturated rings. The molecule has 0 aliphatic heterocycles.